The van der Waals surface area contributed by atoms with Crippen LogP contribution in [0, 0.1) is 0 Å². The lowest BCUT2D eigenvalue weighted by Gasteiger charge is -2.07. The van der Waals surface area contributed by atoms with Crippen molar-refractivity contribution in [2.45, 2.75) is 6.42 Å². The van der Waals surface area contributed by atoms with Gasteiger partial charge in [-0.1, -0.05) is 12.1 Å². The maximum Gasteiger partial charge on any atom is 0.200 e. The van der Waals surface area contributed by atoms with E-state index in [1.165, 1.54) is 6.07 Å². The van der Waals surface area contributed by atoms with E-state index < -0.39 is 5.75 Å². The summed E-state index contributed by atoms with van der Waals surface area (Å²) in [5, 5.41) is 28.1. The lowest BCUT2D eigenvalue weighted by atomic mass is 10.0. The van der Waals surface area contributed by atoms with Crippen LogP contribution in [-0.4, -0.2) is 20.3 Å². The van der Waals surface area contributed by atoms with Gasteiger partial charge >= 0.3 is 0 Å². The Morgan fingerprint density at radius 3 is 2.50 bits per heavy atom. The molecule has 0 unspecified atom stereocenters. The molecule has 16 heavy (non-hydrogen) atoms. The van der Waals surface area contributed by atoms with Gasteiger partial charge in [0.05, 0.1) is 0 Å². The predicted molar refractivity (Wildman–Crippen MR) is 58.5 cm³/mol. The molecule has 1 heterocycles. The molecule has 0 aliphatic carbocycles. The highest BCUT2D eigenvalue weighted by Crippen LogP contribution is 2.37. The van der Waals surface area contributed by atoms with Gasteiger partial charge in [-0.3, -0.25) is 4.98 Å². The summed E-state index contributed by atoms with van der Waals surface area (Å²) in [5.74, 6) is -1.10. The molecule has 0 amide bonds. The number of phenols is 3. The smallest absolute Gasteiger partial charge is 0.200 e. The van der Waals surface area contributed by atoms with Crippen LogP contribution in [0.4, 0.5) is 0 Å². The molecule has 0 radical (unpaired) electrons. The fourth-order valence-electron chi connectivity index (χ4n) is 1.48. The molecule has 82 valence electrons. The summed E-state index contributed by atoms with van der Waals surface area (Å²) >= 11 is 0. The zero-order chi connectivity index (χ0) is 11.5. The van der Waals surface area contributed by atoms with Gasteiger partial charge in [-0.25, -0.2) is 0 Å². The van der Waals surface area contributed by atoms with Crippen molar-refractivity contribution in [3.05, 3.63) is 47.8 Å². The number of hydrogen-bond donors (Lipinski definition) is 3. The van der Waals surface area contributed by atoms with Crippen molar-refractivity contribution in [3.63, 3.8) is 0 Å². The van der Waals surface area contributed by atoms with Crippen LogP contribution in [-0.2, 0) is 6.42 Å². The number of hydrogen-bond acceptors (Lipinski definition) is 4. The number of benzene rings is 1. The Morgan fingerprint density at radius 1 is 1.00 bits per heavy atom. The Hall–Kier alpha value is -2.23. The molecule has 4 nitrogen and oxygen atoms in total. The van der Waals surface area contributed by atoms with Gasteiger partial charge in [-0.2, -0.15) is 0 Å². The average molecular weight is 217 g/mol. The Bertz CT molecular complexity index is 497. The van der Waals surface area contributed by atoms with Gasteiger partial charge in [0, 0.05) is 24.4 Å². The maximum absolute atomic E-state index is 9.61. The zero-order valence-electron chi connectivity index (χ0n) is 8.46. The van der Waals surface area contributed by atoms with Crippen molar-refractivity contribution >= 4 is 0 Å². The second kappa shape index (κ2) is 4.10. The van der Waals surface area contributed by atoms with Crippen LogP contribution >= 0.6 is 0 Å². The topological polar surface area (TPSA) is 73.6 Å². The fourth-order valence-corrected chi connectivity index (χ4v) is 1.48. The van der Waals surface area contributed by atoms with Crippen LogP contribution in [0.5, 0.6) is 17.2 Å². The minimum absolute atomic E-state index is 0.288. The number of aromatic nitrogens is 1. The summed E-state index contributed by atoms with van der Waals surface area (Å²) in [5.41, 5.74) is 1.46. The summed E-state index contributed by atoms with van der Waals surface area (Å²) in [4.78, 5) is 3.96. The van der Waals surface area contributed by atoms with Crippen LogP contribution in [0.15, 0.2) is 36.7 Å². The molecule has 0 saturated carbocycles. The zero-order valence-corrected chi connectivity index (χ0v) is 8.46. The van der Waals surface area contributed by atoms with E-state index in [9.17, 15) is 10.2 Å². The first-order chi connectivity index (χ1) is 7.68. The van der Waals surface area contributed by atoms with E-state index in [2.05, 4.69) is 4.98 Å². The second-order valence-electron chi connectivity index (χ2n) is 3.48. The number of pyridine rings is 1. The predicted octanol–water partition coefficient (Wildman–Crippen LogP) is 1.79. The average Bonchev–Trinajstić information content (AvgIpc) is 2.31. The number of rotatable bonds is 2. The fraction of sp³-hybridized carbons (Fsp3) is 0.0833. The molecule has 2 rings (SSSR count). The second-order valence-corrected chi connectivity index (χ2v) is 3.48. The SMILES string of the molecule is Oc1ccc(Cc2cccnc2)c(O)c1O. The molecular weight excluding hydrogens is 206 g/mol. The summed E-state index contributed by atoms with van der Waals surface area (Å²) in [6, 6.07) is 6.58. The third-order valence-corrected chi connectivity index (χ3v) is 2.33. The first kappa shape index (κ1) is 10.3. The highest BCUT2D eigenvalue weighted by molar-refractivity contribution is 5.54. The molecule has 0 spiro atoms. The molecule has 0 atom stereocenters. The summed E-state index contributed by atoms with van der Waals surface area (Å²) in [6.45, 7) is 0. The van der Waals surface area contributed by atoms with Crippen molar-refractivity contribution < 1.29 is 15.3 Å². The van der Waals surface area contributed by atoms with E-state index in [0.29, 0.717) is 12.0 Å². The molecule has 0 aliphatic heterocycles. The molecule has 3 N–H and O–H groups in total. The number of aromatic hydroxyl groups is 3. The van der Waals surface area contributed by atoms with E-state index >= 15 is 0 Å². The largest absolute Gasteiger partial charge is 0.504 e. The first-order valence-corrected chi connectivity index (χ1v) is 4.80. The Kier molecular flexibility index (Phi) is 2.64. The highest BCUT2D eigenvalue weighted by atomic mass is 16.3. The number of nitrogens with zero attached hydrogens (tertiary/aromatic N) is 1. The van der Waals surface area contributed by atoms with Gasteiger partial charge in [0.15, 0.2) is 11.5 Å². The van der Waals surface area contributed by atoms with Gasteiger partial charge < -0.3 is 15.3 Å². The quantitative estimate of drug-likeness (QED) is 0.670. The van der Waals surface area contributed by atoms with Crippen LogP contribution in [0.3, 0.4) is 0 Å². The third-order valence-electron chi connectivity index (χ3n) is 2.33. The van der Waals surface area contributed by atoms with E-state index in [1.807, 2.05) is 6.07 Å². The molecule has 0 fully saturated rings. The minimum Gasteiger partial charge on any atom is -0.504 e. The van der Waals surface area contributed by atoms with Gasteiger partial charge in [-0.15, -0.1) is 0 Å². The molecule has 0 bridgehead atoms. The highest BCUT2D eigenvalue weighted by Gasteiger charge is 2.11. The summed E-state index contributed by atoms with van der Waals surface area (Å²) in [6.07, 6.45) is 3.80. The van der Waals surface area contributed by atoms with E-state index in [4.69, 9.17) is 5.11 Å². The van der Waals surface area contributed by atoms with Crippen molar-refractivity contribution in [3.8, 4) is 17.2 Å². The summed E-state index contributed by atoms with van der Waals surface area (Å²) in [7, 11) is 0. The van der Waals surface area contributed by atoms with Crippen LogP contribution in [0.2, 0.25) is 0 Å². The van der Waals surface area contributed by atoms with E-state index in [-0.39, 0.29) is 11.5 Å². The minimum atomic E-state index is -0.485. The number of phenolic OH excluding ortho intramolecular Hbond substituents is 3. The van der Waals surface area contributed by atoms with E-state index in [1.54, 1.807) is 24.5 Å². The summed E-state index contributed by atoms with van der Waals surface area (Å²) < 4.78 is 0. The Labute approximate surface area is 92.5 Å². The molecule has 1 aromatic carbocycles. The standard InChI is InChI=1S/C12H11NO3/c14-10-4-3-9(11(15)12(10)16)6-8-2-1-5-13-7-8/h1-5,7,14-16H,6H2. The molecule has 0 aliphatic rings. The van der Waals surface area contributed by atoms with Crippen LogP contribution in [0.25, 0.3) is 0 Å². The third kappa shape index (κ3) is 1.91. The molecule has 1 aromatic heterocycles. The molecule has 0 saturated heterocycles. The van der Waals surface area contributed by atoms with Gasteiger partial charge in [0.25, 0.3) is 0 Å². The molecular formula is C12H11NO3. The van der Waals surface area contributed by atoms with E-state index in [0.717, 1.165) is 5.56 Å². The van der Waals surface area contributed by atoms with Crippen LogP contribution in [0.1, 0.15) is 11.1 Å². The first-order valence-electron chi connectivity index (χ1n) is 4.80. The van der Waals surface area contributed by atoms with Crippen LogP contribution < -0.4 is 0 Å². The van der Waals surface area contributed by atoms with Crippen molar-refractivity contribution in [1.82, 2.24) is 4.98 Å². The lowest BCUT2D eigenvalue weighted by Crippen LogP contribution is -1.89. The van der Waals surface area contributed by atoms with Gasteiger partial charge in [0.1, 0.15) is 0 Å². The van der Waals surface area contributed by atoms with Gasteiger partial charge in [0.2, 0.25) is 5.75 Å². The van der Waals surface area contributed by atoms with Crippen molar-refractivity contribution in [2.24, 2.45) is 0 Å². The molecule has 4 heteroatoms. The Morgan fingerprint density at radius 2 is 1.81 bits per heavy atom. The van der Waals surface area contributed by atoms with Gasteiger partial charge in [-0.05, 0) is 17.7 Å². The van der Waals surface area contributed by atoms with Crippen molar-refractivity contribution in [2.75, 3.05) is 0 Å². The van der Waals surface area contributed by atoms with Crippen molar-refractivity contribution in [1.29, 1.82) is 0 Å². The Balaban J connectivity index is 2.33. The lowest BCUT2D eigenvalue weighted by molar-refractivity contribution is 0.365. The normalized spacial score (nSPS) is 10.2. The molecule has 2 aromatic rings. The maximum atomic E-state index is 9.61. The monoisotopic (exact) mass is 217 g/mol.